The third-order valence-electron chi connectivity index (χ3n) is 2.56. The SMILES string of the molecule is COc1c[c]cc2c1CCN(C)C2. The van der Waals surface area contributed by atoms with Crippen LogP contribution in [-0.4, -0.2) is 25.6 Å². The summed E-state index contributed by atoms with van der Waals surface area (Å²) in [5.74, 6) is 0.991. The second kappa shape index (κ2) is 3.38. The van der Waals surface area contributed by atoms with Gasteiger partial charge in [0.05, 0.1) is 7.11 Å². The van der Waals surface area contributed by atoms with Crippen LogP contribution in [0.1, 0.15) is 11.1 Å². The van der Waals surface area contributed by atoms with Crippen LogP contribution in [0.3, 0.4) is 0 Å². The van der Waals surface area contributed by atoms with E-state index >= 15 is 0 Å². The minimum Gasteiger partial charge on any atom is -0.496 e. The molecule has 0 atom stereocenters. The molecule has 0 amide bonds. The van der Waals surface area contributed by atoms with Gasteiger partial charge in [0.2, 0.25) is 0 Å². The number of likely N-dealkylation sites (N-methyl/N-ethyl adjacent to an activating group) is 1. The van der Waals surface area contributed by atoms with Crippen LogP contribution in [0.15, 0.2) is 12.1 Å². The van der Waals surface area contributed by atoms with Gasteiger partial charge in [-0.3, -0.25) is 0 Å². The monoisotopic (exact) mass is 176 g/mol. The summed E-state index contributed by atoms with van der Waals surface area (Å²) in [5.41, 5.74) is 2.72. The topological polar surface area (TPSA) is 12.5 Å². The lowest BCUT2D eigenvalue weighted by atomic mass is 9.99. The van der Waals surface area contributed by atoms with E-state index in [2.05, 4.69) is 24.1 Å². The van der Waals surface area contributed by atoms with Crippen molar-refractivity contribution in [3.8, 4) is 5.75 Å². The molecule has 1 aliphatic rings. The largest absolute Gasteiger partial charge is 0.496 e. The van der Waals surface area contributed by atoms with Crippen LogP contribution in [0.5, 0.6) is 5.75 Å². The van der Waals surface area contributed by atoms with Crippen LogP contribution in [-0.2, 0) is 13.0 Å². The van der Waals surface area contributed by atoms with Crippen molar-refractivity contribution in [1.82, 2.24) is 4.90 Å². The molecule has 1 aliphatic heterocycles. The average molecular weight is 176 g/mol. The number of benzene rings is 1. The molecule has 13 heavy (non-hydrogen) atoms. The molecule has 2 rings (SSSR count). The van der Waals surface area contributed by atoms with Gasteiger partial charge < -0.3 is 9.64 Å². The number of nitrogens with zero attached hydrogens (tertiary/aromatic N) is 1. The third-order valence-corrected chi connectivity index (χ3v) is 2.56. The molecule has 0 N–H and O–H groups in total. The molecule has 0 aromatic heterocycles. The first-order valence-electron chi connectivity index (χ1n) is 4.55. The molecule has 1 radical (unpaired) electrons. The lowest BCUT2D eigenvalue weighted by Crippen LogP contribution is -2.26. The van der Waals surface area contributed by atoms with E-state index in [0.717, 1.165) is 25.3 Å². The maximum Gasteiger partial charge on any atom is 0.123 e. The highest BCUT2D eigenvalue weighted by molar-refractivity contribution is 5.41. The average Bonchev–Trinajstić information content (AvgIpc) is 2.16. The molecular formula is C11H14NO. The van der Waals surface area contributed by atoms with E-state index in [9.17, 15) is 0 Å². The highest BCUT2D eigenvalue weighted by Crippen LogP contribution is 2.26. The van der Waals surface area contributed by atoms with E-state index in [0.29, 0.717) is 0 Å². The summed E-state index contributed by atoms with van der Waals surface area (Å²) in [5, 5.41) is 0. The van der Waals surface area contributed by atoms with Crippen molar-refractivity contribution < 1.29 is 4.74 Å². The lowest BCUT2D eigenvalue weighted by molar-refractivity contribution is 0.306. The maximum atomic E-state index is 5.30. The van der Waals surface area contributed by atoms with Crippen molar-refractivity contribution in [1.29, 1.82) is 0 Å². The van der Waals surface area contributed by atoms with Crippen LogP contribution in [0.4, 0.5) is 0 Å². The standard InChI is InChI=1S/C11H14NO/c1-12-7-6-10-9(8-12)4-3-5-11(10)13-2/h4-5H,6-8H2,1-2H3. The smallest absolute Gasteiger partial charge is 0.123 e. The Kier molecular flexibility index (Phi) is 2.23. The van der Waals surface area contributed by atoms with E-state index in [1.165, 1.54) is 11.1 Å². The number of methoxy groups -OCH3 is 1. The van der Waals surface area contributed by atoms with Crippen molar-refractivity contribution in [2.75, 3.05) is 20.7 Å². The van der Waals surface area contributed by atoms with Crippen LogP contribution in [0.25, 0.3) is 0 Å². The zero-order chi connectivity index (χ0) is 9.26. The van der Waals surface area contributed by atoms with Gasteiger partial charge in [0.15, 0.2) is 0 Å². The normalized spacial score (nSPS) is 16.8. The molecule has 0 saturated carbocycles. The second-order valence-corrected chi connectivity index (χ2v) is 3.52. The Morgan fingerprint density at radius 3 is 3.08 bits per heavy atom. The summed E-state index contributed by atoms with van der Waals surface area (Å²) in [4.78, 5) is 2.32. The van der Waals surface area contributed by atoms with Crippen LogP contribution in [0.2, 0.25) is 0 Å². The van der Waals surface area contributed by atoms with Crippen LogP contribution >= 0.6 is 0 Å². The Balaban J connectivity index is 2.39. The molecule has 0 unspecified atom stereocenters. The Bertz CT molecular complexity index is 309. The number of hydrogen-bond acceptors (Lipinski definition) is 2. The number of hydrogen-bond donors (Lipinski definition) is 0. The highest BCUT2D eigenvalue weighted by Gasteiger charge is 2.15. The summed E-state index contributed by atoms with van der Waals surface area (Å²) in [6, 6.07) is 7.09. The van der Waals surface area contributed by atoms with Crippen molar-refractivity contribution in [2.24, 2.45) is 0 Å². The minimum atomic E-state index is 0.991. The molecule has 0 spiro atoms. The fourth-order valence-electron chi connectivity index (χ4n) is 1.83. The molecule has 1 heterocycles. The van der Waals surface area contributed by atoms with Crippen molar-refractivity contribution in [3.05, 3.63) is 29.3 Å². The van der Waals surface area contributed by atoms with Gasteiger partial charge in [-0.25, -0.2) is 0 Å². The molecule has 0 saturated heterocycles. The molecule has 0 aliphatic carbocycles. The first-order chi connectivity index (χ1) is 6.31. The molecule has 69 valence electrons. The predicted octanol–water partition coefficient (Wildman–Crippen LogP) is 1.48. The maximum absolute atomic E-state index is 5.30. The van der Waals surface area contributed by atoms with Gasteiger partial charge >= 0.3 is 0 Å². The fraction of sp³-hybridized carbons (Fsp3) is 0.455. The van der Waals surface area contributed by atoms with Gasteiger partial charge in [-0.15, -0.1) is 0 Å². The molecule has 0 bridgehead atoms. The van der Waals surface area contributed by atoms with E-state index in [1.54, 1.807) is 7.11 Å². The molecule has 0 fully saturated rings. The zero-order valence-corrected chi connectivity index (χ0v) is 8.13. The van der Waals surface area contributed by atoms with Gasteiger partial charge in [-0.2, -0.15) is 0 Å². The minimum absolute atomic E-state index is 0.991. The highest BCUT2D eigenvalue weighted by atomic mass is 16.5. The van der Waals surface area contributed by atoms with Crippen LogP contribution in [0, 0.1) is 6.07 Å². The molecule has 2 nitrogen and oxygen atoms in total. The summed E-state index contributed by atoms with van der Waals surface area (Å²) in [7, 11) is 3.87. The predicted molar refractivity (Wildman–Crippen MR) is 51.9 cm³/mol. The first kappa shape index (κ1) is 8.57. The van der Waals surface area contributed by atoms with Crippen molar-refractivity contribution >= 4 is 0 Å². The summed E-state index contributed by atoms with van der Waals surface area (Å²) < 4.78 is 5.30. The quantitative estimate of drug-likeness (QED) is 0.642. The number of fused-ring (bicyclic) bond motifs is 1. The van der Waals surface area contributed by atoms with Crippen LogP contribution < -0.4 is 4.74 Å². The Labute approximate surface area is 79.1 Å². The van der Waals surface area contributed by atoms with Gasteiger partial charge in [0, 0.05) is 13.1 Å². The van der Waals surface area contributed by atoms with E-state index in [-0.39, 0.29) is 0 Å². The molecule has 1 aromatic rings. The fourth-order valence-corrected chi connectivity index (χ4v) is 1.83. The van der Waals surface area contributed by atoms with Crippen molar-refractivity contribution in [2.45, 2.75) is 13.0 Å². The Morgan fingerprint density at radius 2 is 2.31 bits per heavy atom. The summed E-state index contributed by atoms with van der Waals surface area (Å²) >= 11 is 0. The van der Waals surface area contributed by atoms with Gasteiger partial charge in [0.25, 0.3) is 0 Å². The summed E-state index contributed by atoms with van der Waals surface area (Å²) in [6.45, 7) is 2.14. The second-order valence-electron chi connectivity index (χ2n) is 3.52. The Hall–Kier alpha value is -1.02. The molecular weight excluding hydrogens is 162 g/mol. The number of ether oxygens (including phenoxy) is 1. The van der Waals surface area contributed by atoms with E-state index in [4.69, 9.17) is 4.74 Å². The zero-order valence-electron chi connectivity index (χ0n) is 8.13. The molecule has 2 heteroatoms. The van der Waals surface area contributed by atoms with Gasteiger partial charge in [-0.1, -0.05) is 0 Å². The van der Waals surface area contributed by atoms with E-state index in [1.807, 2.05) is 6.07 Å². The lowest BCUT2D eigenvalue weighted by Gasteiger charge is -2.25. The molecule has 1 aromatic carbocycles. The van der Waals surface area contributed by atoms with Crippen molar-refractivity contribution in [3.63, 3.8) is 0 Å². The summed E-state index contributed by atoms with van der Waals surface area (Å²) in [6.07, 6.45) is 1.09. The third kappa shape index (κ3) is 1.54. The van der Waals surface area contributed by atoms with E-state index < -0.39 is 0 Å². The Morgan fingerprint density at radius 1 is 1.46 bits per heavy atom. The first-order valence-corrected chi connectivity index (χ1v) is 4.55. The van der Waals surface area contributed by atoms with Gasteiger partial charge in [0.1, 0.15) is 5.75 Å². The number of rotatable bonds is 1. The van der Waals surface area contributed by atoms with Gasteiger partial charge in [-0.05, 0) is 42.8 Å².